The van der Waals surface area contributed by atoms with E-state index in [1.54, 1.807) is 24.3 Å². The Morgan fingerprint density at radius 3 is 2.56 bits per heavy atom. The molecule has 32 heavy (non-hydrogen) atoms. The highest BCUT2D eigenvalue weighted by atomic mass is 32.2. The molecular weight excluding hydrogens is 430 g/mol. The molecule has 1 N–H and O–H groups in total. The van der Waals surface area contributed by atoms with Crippen LogP contribution >= 0.6 is 0 Å². The number of anilines is 1. The number of hydrogen-bond acceptors (Lipinski definition) is 7. The van der Waals surface area contributed by atoms with E-state index in [9.17, 15) is 18.5 Å². The number of fused-ring (bicyclic) bond motifs is 1. The van der Waals surface area contributed by atoms with Gasteiger partial charge in [0, 0.05) is 18.7 Å². The van der Waals surface area contributed by atoms with Crippen LogP contribution in [0.2, 0.25) is 0 Å². The maximum Gasteiger partial charge on any atom is 0.311 e. The van der Waals surface area contributed by atoms with Crippen molar-refractivity contribution in [2.24, 2.45) is 5.92 Å². The molecule has 1 aliphatic rings. The Morgan fingerprint density at radius 2 is 1.91 bits per heavy atom. The number of benzene rings is 1. The summed E-state index contributed by atoms with van der Waals surface area (Å²) in [5.41, 5.74) is 0.256. The average Bonchev–Trinajstić information content (AvgIpc) is 3.25. The van der Waals surface area contributed by atoms with Gasteiger partial charge in [0.25, 0.3) is 10.0 Å². The lowest BCUT2D eigenvalue weighted by Crippen LogP contribution is -2.26. The lowest BCUT2D eigenvalue weighted by molar-refractivity contribution is -0.384. The molecule has 1 fully saturated rings. The van der Waals surface area contributed by atoms with E-state index in [-0.39, 0.29) is 22.3 Å². The van der Waals surface area contributed by atoms with Crippen molar-refractivity contribution in [2.45, 2.75) is 49.5 Å². The minimum Gasteiger partial charge on any atom is -0.376 e. The van der Waals surface area contributed by atoms with Gasteiger partial charge >= 0.3 is 5.69 Å². The number of pyridine rings is 1. The number of aromatic nitrogens is 2. The molecule has 4 rings (SSSR count). The molecule has 0 unspecified atom stereocenters. The maximum atomic E-state index is 13.1. The number of nitro groups is 1. The van der Waals surface area contributed by atoms with E-state index in [2.05, 4.69) is 16.4 Å². The molecule has 0 amide bonds. The summed E-state index contributed by atoms with van der Waals surface area (Å²) in [6.45, 7) is 0. The second kappa shape index (κ2) is 8.96. The Kier molecular flexibility index (Phi) is 6.10. The molecule has 2 aromatic heterocycles. The van der Waals surface area contributed by atoms with E-state index in [0.29, 0.717) is 23.4 Å². The van der Waals surface area contributed by atoms with Crippen molar-refractivity contribution < 1.29 is 13.3 Å². The first-order valence-electron chi connectivity index (χ1n) is 10.5. The predicted octanol–water partition coefficient (Wildman–Crippen LogP) is 4.46. The molecule has 0 atom stereocenters. The van der Waals surface area contributed by atoms with Crippen molar-refractivity contribution in [3.63, 3.8) is 0 Å². The first-order chi connectivity index (χ1) is 15.4. The van der Waals surface area contributed by atoms with Crippen LogP contribution in [0.3, 0.4) is 0 Å². The Balaban J connectivity index is 1.67. The van der Waals surface area contributed by atoms with Crippen LogP contribution in [0.5, 0.6) is 0 Å². The summed E-state index contributed by atoms with van der Waals surface area (Å²) < 4.78 is 27.3. The van der Waals surface area contributed by atoms with E-state index in [1.807, 2.05) is 0 Å². The Morgan fingerprint density at radius 1 is 1.19 bits per heavy atom. The highest BCUT2D eigenvalue weighted by molar-refractivity contribution is 7.90. The van der Waals surface area contributed by atoms with Crippen LogP contribution in [0, 0.1) is 27.4 Å². The van der Waals surface area contributed by atoms with Crippen molar-refractivity contribution >= 4 is 32.4 Å². The van der Waals surface area contributed by atoms with E-state index in [4.69, 9.17) is 5.26 Å². The van der Waals surface area contributed by atoms with E-state index < -0.39 is 14.9 Å². The van der Waals surface area contributed by atoms with Crippen LogP contribution in [0.25, 0.3) is 11.0 Å². The highest BCUT2D eigenvalue weighted by Gasteiger charge is 2.28. The minimum atomic E-state index is -3.89. The van der Waals surface area contributed by atoms with Crippen molar-refractivity contribution in [1.82, 2.24) is 8.96 Å². The molecule has 0 saturated heterocycles. The van der Waals surface area contributed by atoms with Gasteiger partial charge in [-0.1, -0.05) is 18.2 Å². The zero-order valence-corrected chi connectivity index (χ0v) is 18.2. The molecule has 10 heteroatoms. The smallest absolute Gasteiger partial charge is 0.311 e. The number of rotatable bonds is 7. The first kappa shape index (κ1) is 21.8. The molecule has 3 aromatic rings. The zero-order valence-electron chi connectivity index (χ0n) is 17.3. The van der Waals surface area contributed by atoms with E-state index in [0.717, 1.165) is 42.3 Å². The summed E-state index contributed by atoms with van der Waals surface area (Å²) >= 11 is 0. The van der Waals surface area contributed by atoms with Crippen LogP contribution in [0.15, 0.2) is 53.7 Å². The van der Waals surface area contributed by atoms with Crippen LogP contribution in [-0.4, -0.2) is 28.3 Å². The molecule has 0 radical (unpaired) electrons. The lowest BCUT2D eigenvalue weighted by atomic mass is 9.83. The van der Waals surface area contributed by atoms with Crippen LogP contribution in [0.1, 0.15) is 38.5 Å². The van der Waals surface area contributed by atoms with Gasteiger partial charge < -0.3 is 5.32 Å². The summed E-state index contributed by atoms with van der Waals surface area (Å²) in [5.74, 6) is 0.497. The summed E-state index contributed by atoms with van der Waals surface area (Å²) in [7, 11) is -3.89. The van der Waals surface area contributed by atoms with Gasteiger partial charge in [-0.05, 0) is 56.2 Å². The second-order valence-electron chi connectivity index (χ2n) is 8.00. The third-order valence-corrected chi connectivity index (χ3v) is 7.70. The standard InChI is InChI=1S/C22H23N5O4S/c23-13-4-5-16-8-10-17(11-9-16)25-21-19-12-14-26(22(19)24-15-20(21)27(28)29)32(30,31)18-6-2-1-3-7-18/h1-3,6-7,12,14-17H,4-5,8-11H2,(H,24,25). The van der Waals surface area contributed by atoms with Crippen LogP contribution in [-0.2, 0) is 10.0 Å². The van der Waals surface area contributed by atoms with Crippen LogP contribution in [0.4, 0.5) is 11.4 Å². The molecule has 0 bridgehead atoms. The summed E-state index contributed by atoms with van der Waals surface area (Å²) in [6.07, 6.45) is 7.48. The minimum absolute atomic E-state index is 0.0340. The van der Waals surface area contributed by atoms with Gasteiger partial charge in [-0.2, -0.15) is 5.26 Å². The molecule has 2 heterocycles. The molecule has 1 aromatic carbocycles. The van der Waals surface area contributed by atoms with E-state index >= 15 is 0 Å². The molecule has 1 saturated carbocycles. The summed E-state index contributed by atoms with van der Waals surface area (Å²) in [5, 5.41) is 24.1. The summed E-state index contributed by atoms with van der Waals surface area (Å²) in [4.78, 5) is 15.4. The monoisotopic (exact) mass is 453 g/mol. The highest BCUT2D eigenvalue weighted by Crippen LogP contribution is 2.37. The third kappa shape index (κ3) is 4.16. The van der Waals surface area contributed by atoms with Crippen molar-refractivity contribution in [1.29, 1.82) is 5.26 Å². The van der Waals surface area contributed by atoms with Gasteiger partial charge in [-0.15, -0.1) is 0 Å². The maximum absolute atomic E-state index is 13.1. The molecular formula is C22H23N5O4S. The summed E-state index contributed by atoms with van der Waals surface area (Å²) in [6, 6.07) is 11.8. The largest absolute Gasteiger partial charge is 0.376 e. The first-order valence-corrected chi connectivity index (χ1v) is 11.9. The number of nitriles is 1. The molecule has 166 valence electrons. The quantitative estimate of drug-likeness (QED) is 0.413. The molecule has 9 nitrogen and oxygen atoms in total. The van der Waals surface area contributed by atoms with Crippen molar-refractivity contribution in [3.05, 3.63) is 58.9 Å². The van der Waals surface area contributed by atoms with Crippen LogP contribution < -0.4 is 5.32 Å². The fraction of sp³-hybridized carbons (Fsp3) is 0.364. The van der Waals surface area contributed by atoms with Gasteiger partial charge in [-0.3, -0.25) is 10.1 Å². The number of nitrogens with zero attached hydrogens (tertiary/aromatic N) is 4. The Labute approximate surface area is 185 Å². The third-order valence-electron chi connectivity index (χ3n) is 6.02. The van der Waals surface area contributed by atoms with Gasteiger partial charge in [0.05, 0.1) is 21.3 Å². The van der Waals surface area contributed by atoms with Crippen molar-refractivity contribution in [3.8, 4) is 6.07 Å². The van der Waals surface area contributed by atoms with Gasteiger partial charge in [0.2, 0.25) is 0 Å². The van der Waals surface area contributed by atoms with E-state index in [1.165, 1.54) is 18.3 Å². The molecule has 0 spiro atoms. The predicted molar refractivity (Wildman–Crippen MR) is 120 cm³/mol. The molecule has 0 aliphatic heterocycles. The topological polar surface area (TPSA) is 131 Å². The molecule has 1 aliphatic carbocycles. The van der Waals surface area contributed by atoms with Gasteiger partial charge in [0.1, 0.15) is 11.9 Å². The zero-order chi connectivity index (χ0) is 22.7. The normalized spacial score (nSPS) is 18.8. The Hall–Kier alpha value is -3.45. The number of nitrogens with one attached hydrogen (secondary N) is 1. The van der Waals surface area contributed by atoms with Gasteiger partial charge in [0.15, 0.2) is 5.65 Å². The fourth-order valence-electron chi connectivity index (χ4n) is 4.31. The lowest BCUT2D eigenvalue weighted by Gasteiger charge is -2.29. The fourth-order valence-corrected chi connectivity index (χ4v) is 5.63. The van der Waals surface area contributed by atoms with Gasteiger partial charge in [-0.25, -0.2) is 17.4 Å². The number of hydrogen-bond donors (Lipinski definition) is 1. The average molecular weight is 454 g/mol. The SMILES string of the molecule is N#CCCC1CCC(Nc2c([N+](=O)[O-])cnc3c2ccn3S(=O)(=O)c2ccccc2)CC1. The Bertz CT molecular complexity index is 1270. The van der Waals surface area contributed by atoms with Crippen molar-refractivity contribution in [2.75, 3.05) is 5.32 Å². The second-order valence-corrected chi connectivity index (χ2v) is 9.82.